The second-order valence-corrected chi connectivity index (χ2v) is 16.0. The molecule has 1 aliphatic heterocycles. The van der Waals surface area contributed by atoms with E-state index in [9.17, 15) is 0 Å². The molecule has 1 nitrogen and oxygen atoms in total. The van der Waals surface area contributed by atoms with E-state index in [1.54, 1.807) is 16.1 Å². The van der Waals surface area contributed by atoms with Crippen molar-refractivity contribution in [3.8, 4) is 0 Å². The normalized spacial score (nSPS) is 24.6. The van der Waals surface area contributed by atoms with E-state index in [-0.39, 0.29) is 0 Å². The fraction of sp³-hybridized carbons (Fsp3) is 0.292. The van der Waals surface area contributed by atoms with E-state index in [1.807, 2.05) is 11.8 Å². The number of fused-ring (bicyclic) bond motifs is 2. The van der Waals surface area contributed by atoms with Crippen molar-refractivity contribution in [3.05, 3.63) is 177 Å². The molecule has 0 aromatic heterocycles. The summed E-state index contributed by atoms with van der Waals surface area (Å²) in [7, 11) is 0. The Morgan fingerprint density at radius 2 is 1.36 bits per heavy atom. The molecule has 9 rings (SSSR count). The summed E-state index contributed by atoms with van der Waals surface area (Å²) in [6, 6.07) is 31.8. The van der Waals surface area contributed by atoms with Crippen LogP contribution in [0.25, 0.3) is 16.7 Å². The minimum absolute atomic E-state index is 0.371. The van der Waals surface area contributed by atoms with E-state index in [2.05, 4.69) is 138 Å². The smallest absolute Gasteiger partial charge is 0.0519 e. The number of rotatable bonds is 7. The number of thioether (sulfide) groups is 1. The molecule has 0 saturated heterocycles. The van der Waals surface area contributed by atoms with Crippen LogP contribution in [0, 0.1) is 11.8 Å². The highest BCUT2D eigenvalue weighted by molar-refractivity contribution is 8.07. The van der Waals surface area contributed by atoms with Gasteiger partial charge in [0.15, 0.2) is 0 Å². The fourth-order valence-corrected chi connectivity index (χ4v) is 10.4. The molecule has 2 heteroatoms. The van der Waals surface area contributed by atoms with Crippen molar-refractivity contribution in [1.29, 1.82) is 0 Å². The number of nitrogens with zero attached hydrogens (tertiary/aromatic N) is 1. The lowest BCUT2D eigenvalue weighted by Crippen LogP contribution is -2.36. The van der Waals surface area contributed by atoms with Gasteiger partial charge in [-0.25, -0.2) is 0 Å². The van der Waals surface area contributed by atoms with Crippen molar-refractivity contribution in [2.75, 3.05) is 4.90 Å². The van der Waals surface area contributed by atoms with Crippen LogP contribution < -0.4 is 4.90 Å². The summed E-state index contributed by atoms with van der Waals surface area (Å²) >= 11 is 2.03. The highest BCUT2D eigenvalue weighted by Crippen LogP contribution is 2.55. The Balaban J connectivity index is 0.950. The van der Waals surface area contributed by atoms with Gasteiger partial charge >= 0.3 is 0 Å². The van der Waals surface area contributed by atoms with E-state index < -0.39 is 0 Å². The Bertz CT molecular complexity index is 2000. The number of benzene rings is 3. The average Bonchev–Trinajstić information content (AvgIpc) is 3.57. The van der Waals surface area contributed by atoms with E-state index in [0.29, 0.717) is 17.9 Å². The van der Waals surface area contributed by atoms with Crippen LogP contribution >= 0.6 is 11.8 Å². The Morgan fingerprint density at radius 3 is 2.06 bits per heavy atom. The molecule has 250 valence electrons. The predicted molar refractivity (Wildman–Crippen MR) is 215 cm³/mol. The molecule has 0 spiro atoms. The van der Waals surface area contributed by atoms with Gasteiger partial charge in [0, 0.05) is 22.2 Å². The lowest BCUT2D eigenvalue weighted by atomic mass is 9.76. The quantitative estimate of drug-likeness (QED) is 0.230. The molecule has 6 aliphatic rings. The molecule has 0 amide bonds. The third kappa shape index (κ3) is 6.40. The van der Waals surface area contributed by atoms with Crippen molar-refractivity contribution in [1.82, 2.24) is 0 Å². The van der Waals surface area contributed by atoms with Gasteiger partial charge in [0.2, 0.25) is 0 Å². The van der Waals surface area contributed by atoms with E-state index in [0.717, 1.165) is 19.3 Å². The largest absolute Gasteiger partial charge is 0.338 e. The molecule has 3 atom stereocenters. The van der Waals surface area contributed by atoms with Gasteiger partial charge in [-0.15, -0.1) is 0 Å². The lowest BCUT2D eigenvalue weighted by molar-refractivity contribution is 0.516. The van der Waals surface area contributed by atoms with Crippen molar-refractivity contribution in [3.63, 3.8) is 0 Å². The summed E-state index contributed by atoms with van der Waals surface area (Å²) in [6.45, 7) is 0. The van der Waals surface area contributed by atoms with Crippen LogP contribution in [0.15, 0.2) is 160 Å². The number of hydrogen-bond donors (Lipinski definition) is 0. The number of hydrogen-bond acceptors (Lipinski definition) is 2. The molecule has 0 N–H and O–H groups in total. The number of allylic oxidation sites excluding steroid dienone is 14. The summed E-state index contributed by atoms with van der Waals surface area (Å²) in [5.41, 5.74) is 14.7. The van der Waals surface area contributed by atoms with Gasteiger partial charge in [-0.05, 0) is 145 Å². The zero-order chi connectivity index (χ0) is 33.3. The fourth-order valence-electron chi connectivity index (χ4n) is 9.10. The molecular weight excluding hydrogens is 623 g/mol. The molecule has 0 saturated carbocycles. The van der Waals surface area contributed by atoms with Crippen molar-refractivity contribution >= 4 is 34.2 Å². The molecule has 0 fully saturated rings. The second-order valence-electron chi connectivity index (χ2n) is 14.8. The van der Waals surface area contributed by atoms with Gasteiger partial charge in [-0.3, -0.25) is 0 Å². The molecule has 0 bridgehead atoms. The topological polar surface area (TPSA) is 3.24 Å². The van der Waals surface area contributed by atoms with Crippen molar-refractivity contribution in [2.45, 2.75) is 76.7 Å². The van der Waals surface area contributed by atoms with E-state index >= 15 is 0 Å². The maximum atomic E-state index is 2.67. The van der Waals surface area contributed by atoms with Gasteiger partial charge in [0.1, 0.15) is 0 Å². The Labute approximate surface area is 303 Å². The highest BCUT2D eigenvalue weighted by Gasteiger charge is 2.36. The van der Waals surface area contributed by atoms with E-state index in [1.165, 1.54) is 101 Å². The monoisotopic (exact) mass is 669 g/mol. The molecule has 3 aromatic rings. The Hall–Kier alpha value is -4.27. The highest BCUT2D eigenvalue weighted by atomic mass is 32.2. The zero-order valence-electron chi connectivity index (χ0n) is 29.1. The van der Waals surface area contributed by atoms with Crippen molar-refractivity contribution in [2.24, 2.45) is 11.8 Å². The molecule has 0 radical (unpaired) electrons. The SMILES string of the molecule is C1=CC(N(C2=CC=C(c3ccccc3)CC2)c2ccc(C3=CCCCC3)cc2)CCC1C1=CC=C2SC3=C(CCC(c4ccccc4)=C3)C2C1. The zero-order valence-corrected chi connectivity index (χ0v) is 29.9. The third-order valence-corrected chi connectivity index (χ3v) is 13.1. The van der Waals surface area contributed by atoms with Gasteiger partial charge in [-0.1, -0.05) is 127 Å². The van der Waals surface area contributed by atoms with Gasteiger partial charge in [0.25, 0.3) is 0 Å². The molecule has 5 aliphatic carbocycles. The summed E-state index contributed by atoms with van der Waals surface area (Å²) in [5.74, 6) is 1.12. The first-order chi connectivity index (χ1) is 24.8. The second kappa shape index (κ2) is 14.2. The van der Waals surface area contributed by atoms with Crippen LogP contribution in [-0.2, 0) is 0 Å². The first-order valence-corrected chi connectivity index (χ1v) is 19.9. The maximum absolute atomic E-state index is 2.67. The lowest BCUT2D eigenvalue weighted by Gasteiger charge is -2.38. The minimum atomic E-state index is 0.371. The Morgan fingerprint density at radius 1 is 0.600 bits per heavy atom. The van der Waals surface area contributed by atoms with Gasteiger partial charge in [-0.2, -0.15) is 0 Å². The van der Waals surface area contributed by atoms with Gasteiger partial charge in [0.05, 0.1) is 6.04 Å². The van der Waals surface area contributed by atoms with Crippen molar-refractivity contribution < 1.29 is 0 Å². The van der Waals surface area contributed by atoms with Crippen LogP contribution in [0.3, 0.4) is 0 Å². The molecule has 1 heterocycles. The predicted octanol–water partition coefficient (Wildman–Crippen LogP) is 13.3. The molecule has 50 heavy (non-hydrogen) atoms. The first kappa shape index (κ1) is 31.7. The van der Waals surface area contributed by atoms with Crippen LogP contribution in [-0.4, -0.2) is 6.04 Å². The maximum Gasteiger partial charge on any atom is 0.0519 e. The standard InChI is InChI=1S/C48H47NS/c1-4-10-34(11-5-1)37-16-24-42(25-17-37)49(43-26-18-38(19-27-43)35-12-6-2-7-13-35)44-28-20-39(21-29-44)40-23-31-47-46(32-40)45-30-22-41(33-48(45)50-47)36-14-8-3-9-15-36/h1,3-5,8-12,14-16,18-20,23-24,26-28,31,33,39,44,46H,2,6-7,13,17,21-22,25,29-30,32H2. The van der Waals surface area contributed by atoms with Gasteiger partial charge < -0.3 is 4.90 Å². The molecule has 3 aromatic carbocycles. The third-order valence-electron chi connectivity index (χ3n) is 11.9. The molecule has 3 unspecified atom stereocenters. The average molecular weight is 670 g/mol. The Kier molecular flexibility index (Phi) is 8.97. The van der Waals surface area contributed by atoms with Crippen LogP contribution in [0.1, 0.15) is 87.3 Å². The summed E-state index contributed by atoms with van der Waals surface area (Å²) < 4.78 is 0. The van der Waals surface area contributed by atoms with Crippen LogP contribution in [0.4, 0.5) is 5.69 Å². The summed E-state index contributed by atoms with van der Waals surface area (Å²) in [6.07, 6.45) is 32.9. The summed E-state index contributed by atoms with van der Waals surface area (Å²) in [4.78, 5) is 5.75. The minimum Gasteiger partial charge on any atom is -0.338 e. The van der Waals surface area contributed by atoms with Crippen LogP contribution in [0.5, 0.6) is 0 Å². The first-order valence-electron chi connectivity index (χ1n) is 19.1. The van der Waals surface area contributed by atoms with E-state index in [4.69, 9.17) is 0 Å². The van der Waals surface area contributed by atoms with Crippen LogP contribution in [0.2, 0.25) is 0 Å². The summed E-state index contributed by atoms with van der Waals surface area (Å²) in [5, 5.41) is 0. The number of anilines is 1. The molecular formula is C48H47NS.